The van der Waals surface area contributed by atoms with Gasteiger partial charge in [-0.05, 0) is 17.7 Å². The van der Waals surface area contributed by atoms with E-state index in [4.69, 9.17) is 5.53 Å². The van der Waals surface area contributed by atoms with Gasteiger partial charge in [-0.1, -0.05) is 21.0 Å². The van der Waals surface area contributed by atoms with Crippen LogP contribution in [0.4, 0.5) is 23.2 Å². The van der Waals surface area contributed by atoms with Crippen LogP contribution in [0.2, 0.25) is 0 Å². The fourth-order valence-corrected chi connectivity index (χ4v) is 1.30. The summed E-state index contributed by atoms with van der Waals surface area (Å²) >= 11 is 2.84. The molecule has 0 spiro atoms. The number of halogens is 5. The van der Waals surface area contributed by atoms with Crippen LogP contribution in [0, 0.1) is 5.82 Å². The van der Waals surface area contributed by atoms with E-state index in [2.05, 4.69) is 30.7 Å². The molecular weight excluding hydrogens is 298 g/mol. The Bertz CT molecular complexity index is 456. The van der Waals surface area contributed by atoms with E-state index in [0.29, 0.717) is 0 Å². The molecule has 4 nitrogen and oxygen atoms in total. The van der Waals surface area contributed by atoms with E-state index in [9.17, 15) is 17.6 Å². The van der Waals surface area contributed by atoms with Crippen LogP contribution < -0.4 is 4.74 Å². The van der Waals surface area contributed by atoms with Crippen molar-refractivity contribution in [1.82, 2.24) is 0 Å². The Morgan fingerprint density at radius 1 is 1.38 bits per heavy atom. The molecule has 0 unspecified atom stereocenters. The normalized spacial score (nSPS) is 10.8. The first kappa shape index (κ1) is 12.6. The Morgan fingerprint density at radius 2 is 2.00 bits per heavy atom. The van der Waals surface area contributed by atoms with Crippen LogP contribution >= 0.6 is 15.9 Å². The predicted octanol–water partition coefficient (Wildman–Crippen LogP) is 4.43. The first-order chi connectivity index (χ1) is 7.33. The van der Waals surface area contributed by atoms with Crippen molar-refractivity contribution in [3.8, 4) is 5.75 Å². The number of nitrogens with zero attached hydrogens (tertiary/aromatic N) is 3. The second-order valence-corrected chi connectivity index (χ2v) is 3.39. The average Bonchev–Trinajstić information content (AvgIpc) is 2.10. The topological polar surface area (TPSA) is 58.0 Å². The average molecular weight is 300 g/mol. The van der Waals surface area contributed by atoms with Crippen LogP contribution in [0.25, 0.3) is 10.4 Å². The molecule has 0 N–H and O–H groups in total. The molecule has 1 aromatic carbocycles. The maximum Gasteiger partial charge on any atom is 0.573 e. The molecule has 0 fully saturated rings. The van der Waals surface area contributed by atoms with Crippen molar-refractivity contribution in [2.75, 3.05) is 0 Å². The minimum absolute atomic E-state index is 0.127. The molecule has 0 saturated carbocycles. The van der Waals surface area contributed by atoms with Crippen molar-refractivity contribution < 1.29 is 22.3 Å². The Balaban J connectivity index is 3.29. The third-order valence-electron chi connectivity index (χ3n) is 1.36. The summed E-state index contributed by atoms with van der Waals surface area (Å²) in [7, 11) is 0. The summed E-state index contributed by atoms with van der Waals surface area (Å²) in [6.45, 7) is 0. The molecule has 0 amide bonds. The summed E-state index contributed by atoms with van der Waals surface area (Å²) in [6.07, 6.45) is -5.06. The Hall–Kier alpha value is -1.47. The van der Waals surface area contributed by atoms with Gasteiger partial charge in [-0.15, -0.1) is 13.2 Å². The van der Waals surface area contributed by atoms with E-state index in [0.717, 1.165) is 12.1 Å². The van der Waals surface area contributed by atoms with Crippen molar-refractivity contribution in [3.05, 3.63) is 32.9 Å². The van der Waals surface area contributed by atoms with Gasteiger partial charge in [0.2, 0.25) is 0 Å². The summed E-state index contributed by atoms with van der Waals surface area (Å²) in [5.74, 6) is -2.44. The molecule has 0 aliphatic carbocycles. The number of hydrogen-bond donors (Lipinski definition) is 0. The molecule has 0 aliphatic heterocycles. The van der Waals surface area contributed by atoms with Gasteiger partial charge < -0.3 is 4.74 Å². The molecule has 86 valence electrons. The lowest BCUT2D eigenvalue weighted by Gasteiger charge is -2.11. The molecule has 9 heteroatoms. The molecule has 0 heterocycles. The molecular formula is C7H2BrF4N3O. The van der Waals surface area contributed by atoms with Gasteiger partial charge in [-0.3, -0.25) is 0 Å². The fraction of sp³-hybridized carbons (Fsp3) is 0.143. The lowest BCUT2D eigenvalue weighted by molar-refractivity contribution is -0.275. The number of ether oxygens (including phenoxy) is 1. The third-order valence-corrected chi connectivity index (χ3v) is 1.82. The van der Waals surface area contributed by atoms with Gasteiger partial charge >= 0.3 is 6.36 Å². The molecule has 0 bridgehead atoms. The molecule has 0 aromatic heterocycles. The highest BCUT2D eigenvalue weighted by atomic mass is 79.9. The minimum Gasteiger partial charge on any atom is -0.402 e. The second-order valence-electron chi connectivity index (χ2n) is 2.47. The number of benzene rings is 1. The third kappa shape index (κ3) is 3.28. The minimum atomic E-state index is -5.06. The molecule has 0 aliphatic rings. The molecule has 1 rings (SSSR count). The first-order valence-corrected chi connectivity index (χ1v) is 4.42. The number of azide groups is 1. The standard InChI is InChI=1S/C7H2BrF4N3O/c8-3-1-4(9)6(16-7(10,11)12)5(2-3)14-15-13/h1-2H. The SMILES string of the molecule is [N-]=[N+]=Nc1cc(Br)cc(F)c1OC(F)(F)F. The van der Waals surface area contributed by atoms with E-state index in [1.165, 1.54) is 0 Å². The summed E-state index contributed by atoms with van der Waals surface area (Å²) in [4.78, 5) is 2.27. The van der Waals surface area contributed by atoms with Crippen LogP contribution in [-0.4, -0.2) is 6.36 Å². The largest absolute Gasteiger partial charge is 0.573 e. The fourth-order valence-electron chi connectivity index (χ4n) is 0.886. The summed E-state index contributed by atoms with van der Waals surface area (Å²) in [6, 6.07) is 1.77. The lowest BCUT2D eigenvalue weighted by Crippen LogP contribution is -2.18. The predicted molar refractivity (Wildman–Crippen MR) is 49.6 cm³/mol. The Kier molecular flexibility index (Phi) is 3.61. The first-order valence-electron chi connectivity index (χ1n) is 3.63. The van der Waals surface area contributed by atoms with E-state index >= 15 is 0 Å². The highest BCUT2D eigenvalue weighted by Crippen LogP contribution is 2.37. The van der Waals surface area contributed by atoms with Gasteiger partial charge in [0.1, 0.15) is 0 Å². The maximum absolute atomic E-state index is 13.1. The van der Waals surface area contributed by atoms with Gasteiger partial charge in [0, 0.05) is 9.38 Å². The van der Waals surface area contributed by atoms with E-state index in [1.807, 2.05) is 0 Å². The van der Waals surface area contributed by atoms with Crippen LogP contribution in [0.1, 0.15) is 0 Å². The zero-order chi connectivity index (χ0) is 12.3. The van der Waals surface area contributed by atoms with Gasteiger partial charge in [0.05, 0.1) is 5.69 Å². The molecule has 16 heavy (non-hydrogen) atoms. The molecule has 1 aromatic rings. The van der Waals surface area contributed by atoms with Crippen LogP contribution in [0.5, 0.6) is 5.75 Å². The number of rotatable bonds is 2. The lowest BCUT2D eigenvalue weighted by atomic mass is 10.3. The highest BCUT2D eigenvalue weighted by molar-refractivity contribution is 9.10. The number of alkyl halides is 3. The van der Waals surface area contributed by atoms with Crippen molar-refractivity contribution in [2.24, 2.45) is 5.11 Å². The van der Waals surface area contributed by atoms with Crippen LogP contribution in [0.3, 0.4) is 0 Å². The van der Waals surface area contributed by atoms with E-state index < -0.39 is 23.6 Å². The van der Waals surface area contributed by atoms with Crippen molar-refractivity contribution >= 4 is 21.6 Å². The molecule has 0 atom stereocenters. The van der Waals surface area contributed by atoms with E-state index in [-0.39, 0.29) is 4.47 Å². The summed E-state index contributed by atoms with van der Waals surface area (Å²) in [5, 5.41) is 2.90. The van der Waals surface area contributed by atoms with Crippen molar-refractivity contribution in [1.29, 1.82) is 0 Å². The van der Waals surface area contributed by atoms with Gasteiger partial charge in [0.25, 0.3) is 0 Å². The maximum atomic E-state index is 13.1. The van der Waals surface area contributed by atoms with Crippen molar-refractivity contribution in [3.63, 3.8) is 0 Å². The van der Waals surface area contributed by atoms with Gasteiger partial charge in [0.15, 0.2) is 11.6 Å². The van der Waals surface area contributed by atoms with Crippen molar-refractivity contribution in [2.45, 2.75) is 6.36 Å². The number of hydrogen-bond acceptors (Lipinski definition) is 2. The Morgan fingerprint density at radius 3 is 2.50 bits per heavy atom. The zero-order valence-electron chi connectivity index (χ0n) is 7.29. The van der Waals surface area contributed by atoms with Gasteiger partial charge in [-0.2, -0.15) is 0 Å². The monoisotopic (exact) mass is 299 g/mol. The van der Waals surface area contributed by atoms with Crippen LogP contribution in [0.15, 0.2) is 21.7 Å². The molecule has 0 saturated heterocycles. The van der Waals surface area contributed by atoms with Crippen LogP contribution in [-0.2, 0) is 0 Å². The summed E-state index contributed by atoms with van der Waals surface area (Å²) in [5.41, 5.74) is 7.52. The zero-order valence-corrected chi connectivity index (χ0v) is 8.88. The van der Waals surface area contributed by atoms with E-state index in [1.54, 1.807) is 0 Å². The smallest absolute Gasteiger partial charge is 0.402 e. The quantitative estimate of drug-likeness (QED) is 0.345. The van der Waals surface area contributed by atoms with Gasteiger partial charge in [-0.25, -0.2) is 4.39 Å². The second kappa shape index (κ2) is 4.58. The highest BCUT2D eigenvalue weighted by Gasteiger charge is 2.33. The Labute approximate surface area is 94.6 Å². The molecule has 0 radical (unpaired) electrons. The summed E-state index contributed by atoms with van der Waals surface area (Å²) < 4.78 is 52.4.